The number of hydrogen-bond donors (Lipinski definition) is 2. The Morgan fingerprint density at radius 2 is 1.78 bits per heavy atom. The quantitative estimate of drug-likeness (QED) is 0.498. The van der Waals surface area contributed by atoms with Gasteiger partial charge < -0.3 is 14.6 Å². The Hall–Kier alpha value is -1.59. The molecule has 11 heteroatoms. The van der Waals surface area contributed by atoms with Crippen LogP contribution in [0.1, 0.15) is 13.8 Å². The molecule has 2 N–H and O–H groups in total. The van der Waals surface area contributed by atoms with Gasteiger partial charge in [-0.2, -0.15) is 9.97 Å². The Morgan fingerprint density at radius 1 is 1.30 bits per heavy atom. The Morgan fingerprint density at radius 3 is 2.13 bits per heavy atom. The molecule has 1 aromatic rings. The van der Waals surface area contributed by atoms with Crippen molar-refractivity contribution >= 4 is 27.7 Å². The van der Waals surface area contributed by atoms with Gasteiger partial charge in [0.25, 0.3) is 0 Å². The van der Waals surface area contributed by atoms with E-state index in [-0.39, 0.29) is 16.9 Å². The predicted octanol–water partition coefficient (Wildman–Crippen LogP) is -0.199. The first-order valence-electron chi connectivity index (χ1n) is 6.34. The summed E-state index contributed by atoms with van der Waals surface area (Å²) in [4.78, 5) is 20.2. The number of aliphatic hydroxyl groups is 1. The first-order valence-corrected chi connectivity index (χ1v) is 9.11. The molecule has 0 fully saturated rings. The second-order valence-corrected chi connectivity index (χ2v) is 7.95. The lowest BCUT2D eigenvalue weighted by molar-refractivity contribution is -0.122. The maximum atomic E-state index is 12.1. The van der Waals surface area contributed by atoms with E-state index in [1.54, 1.807) is 0 Å². The van der Waals surface area contributed by atoms with Gasteiger partial charge >= 0.3 is 0 Å². The minimum Gasteiger partial charge on any atom is -0.481 e. The smallest absolute Gasteiger partial charge is 0.249 e. The number of carbonyl (C=O) groups is 1. The monoisotopic (exact) mass is 365 g/mol. The fourth-order valence-electron chi connectivity index (χ4n) is 1.51. The highest BCUT2D eigenvalue weighted by Gasteiger charge is 2.36. The van der Waals surface area contributed by atoms with Crippen molar-refractivity contribution in [3.05, 3.63) is 6.07 Å². The van der Waals surface area contributed by atoms with E-state index in [1.807, 2.05) is 4.72 Å². The standard InChI is InChI=1S/C12H19N3O6S2/c1-12(2,17)9(10(16)15-23(5,18)19)22-11-13-7(20-3)6-8(14-11)21-4/h6,9,17H,1-5H3,(H,15,16). The van der Waals surface area contributed by atoms with Crippen LogP contribution < -0.4 is 14.2 Å². The van der Waals surface area contributed by atoms with E-state index in [9.17, 15) is 18.3 Å². The zero-order chi connectivity index (χ0) is 17.8. The van der Waals surface area contributed by atoms with Gasteiger partial charge in [0.15, 0.2) is 5.16 Å². The summed E-state index contributed by atoms with van der Waals surface area (Å²) < 4.78 is 34.3. The number of amides is 1. The number of carbonyl (C=O) groups excluding carboxylic acids is 1. The van der Waals surface area contributed by atoms with E-state index < -0.39 is 26.8 Å². The van der Waals surface area contributed by atoms with E-state index in [0.717, 1.165) is 18.0 Å². The summed E-state index contributed by atoms with van der Waals surface area (Å²) in [6.45, 7) is 2.76. The van der Waals surface area contributed by atoms with Crippen molar-refractivity contribution in [3.8, 4) is 11.8 Å². The van der Waals surface area contributed by atoms with Crippen LogP contribution >= 0.6 is 11.8 Å². The minimum atomic E-state index is -3.76. The van der Waals surface area contributed by atoms with Crippen LogP contribution in [0, 0.1) is 0 Å². The maximum absolute atomic E-state index is 12.1. The van der Waals surface area contributed by atoms with Crippen molar-refractivity contribution in [2.24, 2.45) is 0 Å². The zero-order valence-electron chi connectivity index (χ0n) is 13.4. The predicted molar refractivity (Wildman–Crippen MR) is 84.1 cm³/mol. The lowest BCUT2D eigenvalue weighted by Gasteiger charge is -2.26. The molecule has 1 aromatic heterocycles. The van der Waals surface area contributed by atoms with Crippen LogP contribution in [0.25, 0.3) is 0 Å². The van der Waals surface area contributed by atoms with Gasteiger partial charge in [0.1, 0.15) is 5.25 Å². The van der Waals surface area contributed by atoms with Crippen molar-refractivity contribution in [2.45, 2.75) is 29.9 Å². The SMILES string of the molecule is COc1cc(OC)nc(SC(C(=O)NS(C)(=O)=O)C(C)(C)O)n1. The number of thioether (sulfide) groups is 1. The topological polar surface area (TPSA) is 128 Å². The van der Waals surface area contributed by atoms with Gasteiger partial charge in [-0.1, -0.05) is 11.8 Å². The fraction of sp³-hybridized carbons (Fsp3) is 0.583. The molecule has 1 amide bonds. The van der Waals surface area contributed by atoms with Gasteiger partial charge in [0, 0.05) is 0 Å². The number of nitrogens with one attached hydrogen (secondary N) is 1. The molecule has 0 aliphatic rings. The van der Waals surface area contributed by atoms with E-state index in [2.05, 4.69) is 9.97 Å². The molecule has 0 radical (unpaired) electrons. The molecular formula is C12H19N3O6S2. The number of rotatable bonds is 7. The highest BCUT2D eigenvalue weighted by molar-refractivity contribution is 8.00. The van der Waals surface area contributed by atoms with Crippen molar-refractivity contribution in [3.63, 3.8) is 0 Å². The molecule has 0 saturated carbocycles. The third-order valence-electron chi connectivity index (χ3n) is 2.47. The fourth-order valence-corrected chi connectivity index (χ4v) is 3.01. The molecule has 1 heterocycles. The van der Waals surface area contributed by atoms with Crippen molar-refractivity contribution in [2.75, 3.05) is 20.5 Å². The Kier molecular flexibility index (Phi) is 6.19. The van der Waals surface area contributed by atoms with Gasteiger partial charge in [-0.15, -0.1) is 0 Å². The van der Waals surface area contributed by atoms with E-state index in [0.29, 0.717) is 0 Å². The summed E-state index contributed by atoms with van der Waals surface area (Å²) in [6, 6.07) is 1.44. The number of aromatic nitrogens is 2. The largest absolute Gasteiger partial charge is 0.481 e. The van der Waals surface area contributed by atoms with Gasteiger partial charge in [-0.05, 0) is 13.8 Å². The van der Waals surface area contributed by atoms with Crippen LogP contribution in [0.2, 0.25) is 0 Å². The Balaban J connectivity index is 3.14. The molecule has 130 valence electrons. The van der Waals surface area contributed by atoms with Gasteiger partial charge in [-0.3, -0.25) is 9.52 Å². The molecule has 0 spiro atoms. The summed E-state index contributed by atoms with van der Waals surface area (Å²) in [5.41, 5.74) is -1.53. The number of sulfonamides is 1. The van der Waals surface area contributed by atoms with Gasteiger partial charge in [-0.25, -0.2) is 8.42 Å². The van der Waals surface area contributed by atoms with E-state index in [1.165, 1.54) is 34.1 Å². The second kappa shape index (κ2) is 7.32. The molecular weight excluding hydrogens is 346 g/mol. The summed E-state index contributed by atoms with van der Waals surface area (Å²) in [5, 5.41) is 9.09. The maximum Gasteiger partial charge on any atom is 0.249 e. The molecule has 0 aliphatic heterocycles. The normalized spacial score (nSPS) is 13.3. The van der Waals surface area contributed by atoms with Crippen LogP contribution in [-0.2, 0) is 14.8 Å². The van der Waals surface area contributed by atoms with Gasteiger partial charge in [0.2, 0.25) is 27.7 Å². The summed E-state index contributed by atoms with van der Waals surface area (Å²) in [7, 11) is -0.955. The molecule has 0 aliphatic carbocycles. The number of ether oxygens (including phenoxy) is 2. The molecule has 1 atom stereocenters. The molecule has 0 bridgehead atoms. The van der Waals surface area contributed by atoms with Crippen LogP contribution in [0.15, 0.2) is 11.2 Å². The zero-order valence-corrected chi connectivity index (χ0v) is 15.0. The van der Waals surface area contributed by atoms with Crippen molar-refractivity contribution < 1.29 is 27.8 Å². The minimum absolute atomic E-state index is 0.0944. The number of hydrogen-bond acceptors (Lipinski definition) is 9. The molecule has 1 unspecified atom stereocenters. The highest BCUT2D eigenvalue weighted by Crippen LogP contribution is 2.31. The lowest BCUT2D eigenvalue weighted by atomic mass is 10.1. The first kappa shape index (κ1) is 19.5. The van der Waals surface area contributed by atoms with Crippen molar-refractivity contribution in [1.82, 2.24) is 14.7 Å². The van der Waals surface area contributed by atoms with Crippen LogP contribution in [-0.4, -0.2) is 60.7 Å². The van der Waals surface area contributed by atoms with Crippen LogP contribution in [0.3, 0.4) is 0 Å². The van der Waals surface area contributed by atoms with E-state index in [4.69, 9.17) is 9.47 Å². The Bertz CT molecular complexity index is 650. The number of methoxy groups -OCH3 is 2. The number of nitrogens with zero attached hydrogens (tertiary/aromatic N) is 2. The molecule has 0 saturated heterocycles. The second-order valence-electron chi connectivity index (χ2n) is 5.13. The molecule has 23 heavy (non-hydrogen) atoms. The molecule has 1 rings (SSSR count). The lowest BCUT2D eigenvalue weighted by Crippen LogP contribution is -2.47. The highest BCUT2D eigenvalue weighted by atomic mass is 32.2. The van der Waals surface area contributed by atoms with Crippen LogP contribution in [0.5, 0.6) is 11.8 Å². The third-order valence-corrected chi connectivity index (χ3v) is 4.46. The van der Waals surface area contributed by atoms with Crippen molar-refractivity contribution in [1.29, 1.82) is 0 Å². The first-order chi connectivity index (χ1) is 10.5. The molecule has 0 aromatic carbocycles. The van der Waals surface area contributed by atoms with E-state index >= 15 is 0 Å². The third kappa shape index (κ3) is 6.20. The van der Waals surface area contributed by atoms with Gasteiger partial charge in [0.05, 0.1) is 32.1 Å². The van der Waals surface area contributed by atoms with Crippen LogP contribution in [0.4, 0.5) is 0 Å². The summed E-state index contributed by atoms with van der Waals surface area (Å²) in [6.07, 6.45) is 0.849. The molecule has 9 nitrogen and oxygen atoms in total. The average molecular weight is 365 g/mol. The summed E-state index contributed by atoms with van der Waals surface area (Å²) >= 11 is 0.795. The summed E-state index contributed by atoms with van der Waals surface area (Å²) in [5.74, 6) is -0.467. The Labute approximate surface area is 138 Å². The average Bonchev–Trinajstić information content (AvgIpc) is 2.41.